The average molecular weight is 271 g/mol. The Morgan fingerprint density at radius 3 is 3.07 bits per heavy atom. The lowest BCUT2D eigenvalue weighted by Crippen LogP contribution is -2.39. The minimum atomic E-state index is -0.0472. The molecule has 15 heavy (non-hydrogen) atoms. The van der Waals surface area contributed by atoms with E-state index in [1.807, 2.05) is 23.1 Å². The standard InChI is InChI=1S/C10H11BrN2O2/c11-7-1-2-9-8(5-7)12-10(15)6-13(9)3-4-14/h1-2,5,14H,3-4,6H2,(H,12,15). The maximum absolute atomic E-state index is 11.4. The first kappa shape index (κ1) is 10.4. The zero-order valence-electron chi connectivity index (χ0n) is 8.03. The highest BCUT2D eigenvalue weighted by atomic mass is 79.9. The van der Waals surface area contributed by atoms with Gasteiger partial charge >= 0.3 is 0 Å². The Morgan fingerprint density at radius 1 is 1.53 bits per heavy atom. The van der Waals surface area contributed by atoms with Crippen LogP contribution in [0.3, 0.4) is 0 Å². The van der Waals surface area contributed by atoms with E-state index in [9.17, 15) is 4.79 Å². The fourth-order valence-electron chi connectivity index (χ4n) is 1.65. The largest absolute Gasteiger partial charge is 0.395 e. The van der Waals surface area contributed by atoms with Crippen LogP contribution in [0.5, 0.6) is 0 Å². The van der Waals surface area contributed by atoms with Crippen LogP contribution in [0.1, 0.15) is 0 Å². The number of anilines is 2. The number of nitrogens with one attached hydrogen (secondary N) is 1. The number of halogens is 1. The predicted molar refractivity (Wildman–Crippen MR) is 62.1 cm³/mol. The van der Waals surface area contributed by atoms with Gasteiger partial charge in [-0.3, -0.25) is 4.79 Å². The van der Waals surface area contributed by atoms with Crippen molar-refractivity contribution < 1.29 is 9.90 Å². The molecule has 0 saturated heterocycles. The van der Waals surface area contributed by atoms with Gasteiger partial charge < -0.3 is 15.3 Å². The summed E-state index contributed by atoms with van der Waals surface area (Å²) in [6, 6.07) is 5.70. The number of benzene rings is 1. The van der Waals surface area contributed by atoms with Gasteiger partial charge in [0.15, 0.2) is 0 Å². The number of aliphatic hydroxyl groups is 1. The van der Waals surface area contributed by atoms with Crippen molar-refractivity contribution in [3.8, 4) is 0 Å². The van der Waals surface area contributed by atoms with E-state index < -0.39 is 0 Å². The van der Waals surface area contributed by atoms with Gasteiger partial charge in [-0.2, -0.15) is 0 Å². The third-order valence-electron chi connectivity index (χ3n) is 2.28. The van der Waals surface area contributed by atoms with E-state index in [2.05, 4.69) is 21.2 Å². The second-order valence-electron chi connectivity index (χ2n) is 3.35. The Kier molecular flexibility index (Phi) is 2.93. The van der Waals surface area contributed by atoms with E-state index in [0.717, 1.165) is 15.8 Å². The molecule has 1 amide bonds. The number of aliphatic hydroxyl groups excluding tert-OH is 1. The first-order valence-electron chi connectivity index (χ1n) is 4.66. The van der Waals surface area contributed by atoms with Gasteiger partial charge in [0.25, 0.3) is 0 Å². The molecule has 1 aliphatic heterocycles. The molecule has 0 radical (unpaired) electrons. The highest BCUT2D eigenvalue weighted by Crippen LogP contribution is 2.31. The minimum absolute atomic E-state index is 0.0444. The molecule has 0 bridgehead atoms. The Labute approximate surface area is 96.0 Å². The van der Waals surface area contributed by atoms with Gasteiger partial charge in [0.1, 0.15) is 0 Å². The van der Waals surface area contributed by atoms with Crippen molar-refractivity contribution >= 4 is 33.2 Å². The molecule has 1 heterocycles. The molecule has 0 saturated carbocycles. The van der Waals surface area contributed by atoms with Crippen molar-refractivity contribution in [1.29, 1.82) is 0 Å². The summed E-state index contributed by atoms with van der Waals surface area (Å²) >= 11 is 3.35. The summed E-state index contributed by atoms with van der Waals surface area (Å²) in [5.74, 6) is -0.0472. The van der Waals surface area contributed by atoms with Crippen LogP contribution in [0.15, 0.2) is 22.7 Å². The summed E-state index contributed by atoms with van der Waals surface area (Å²) in [4.78, 5) is 13.2. The van der Waals surface area contributed by atoms with E-state index in [1.54, 1.807) is 0 Å². The molecule has 0 unspecified atom stereocenters. The quantitative estimate of drug-likeness (QED) is 0.849. The summed E-state index contributed by atoms with van der Waals surface area (Å²) in [6.07, 6.45) is 0. The highest BCUT2D eigenvalue weighted by molar-refractivity contribution is 9.10. The molecule has 4 nitrogen and oxygen atoms in total. The van der Waals surface area contributed by atoms with Gasteiger partial charge in [-0.1, -0.05) is 15.9 Å². The van der Waals surface area contributed by atoms with Crippen molar-refractivity contribution in [1.82, 2.24) is 0 Å². The van der Waals surface area contributed by atoms with E-state index >= 15 is 0 Å². The van der Waals surface area contributed by atoms with Gasteiger partial charge in [0, 0.05) is 11.0 Å². The van der Waals surface area contributed by atoms with Gasteiger partial charge in [-0.15, -0.1) is 0 Å². The molecule has 1 aromatic rings. The number of rotatable bonds is 2. The van der Waals surface area contributed by atoms with Gasteiger partial charge in [0.05, 0.1) is 24.5 Å². The lowest BCUT2D eigenvalue weighted by Gasteiger charge is -2.30. The SMILES string of the molecule is O=C1CN(CCO)c2ccc(Br)cc2N1. The summed E-state index contributed by atoms with van der Waals surface area (Å²) in [6.45, 7) is 0.819. The molecule has 0 aliphatic carbocycles. The fourth-order valence-corrected chi connectivity index (χ4v) is 2.01. The lowest BCUT2D eigenvalue weighted by molar-refractivity contribution is -0.115. The van der Waals surface area contributed by atoms with E-state index in [-0.39, 0.29) is 12.5 Å². The van der Waals surface area contributed by atoms with Crippen molar-refractivity contribution in [2.24, 2.45) is 0 Å². The number of β-amino-alcohol motifs (C(OH)–C–C–N with tert-alkyl or cyclic N) is 1. The smallest absolute Gasteiger partial charge is 0.243 e. The van der Waals surface area contributed by atoms with Gasteiger partial charge in [-0.25, -0.2) is 0 Å². The summed E-state index contributed by atoms with van der Waals surface area (Å²) in [5, 5.41) is 11.7. The molecule has 0 atom stereocenters. The predicted octanol–water partition coefficient (Wildman–Crippen LogP) is 1.20. The second kappa shape index (κ2) is 4.20. The normalized spacial score (nSPS) is 14.8. The number of carbonyl (C=O) groups excluding carboxylic acids is 1. The third kappa shape index (κ3) is 2.13. The van der Waals surface area contributed by atoms with Crippen LogP contribution in [0.4, 0.5) is 11.4 Å². The number of nitrogens with zero attached hydrogens (tertiary/aromatic N) is 1. The van der Waals surface area contributed by atoms with Crippen LogP contribution in [0.25, 0.3) is 0 Å². The summed E-state index contributed by atoms with van der Waals surface area (Å²) in [5.41, 5.74) is 1.74. The van der Waals surface area contributed by atoms with E-state index in [4.69, 9.17) is 5.11 Å². The summed E-state index contributed by atoms with van der Waals surface area (Å²) < 4.78 is 0.924. The molecule has 0 spiro atoms. The Hall–Kier alpha value is -1.07. The van der Waals surface area contributed by atoms with Crippen molar-refractivity contribution in [2.75, 3.05) is 29.9 Å². The number of amides is 1. The average Bonchev–Trinajstić information content (AvgIpc) is 2.17. The first-order valence-corrected chi connectivity index (χ1v) is 5.45. The molecular formula is C10H11BrN2O2. The van der Waals surface area contributed by atoms with Crippen LogP contribution in [-0.4, -0.2) is 30.7 Å². The van der Waals surface area contributed by atoms with E-state index in [0.29, 0.717) is 13.1 Å². The van der Waals surface area contributed by atoms with Crippen LogP contribution in [0, 0.1) is 0 Å². The Morgan fingerprint density at radius 2 is 2.33 bits per heavy atom. The van der Waals surface area contributed by atoms with Crippen LogP contribution in [0.2, 0.25) is 0 Å². The number of hydrogen-bond donors (Lipinski definition) is 2. The molecule has 80 valence electrons. The minimum Gasteiger partial charge on any atom is -0.395 e. The zero-order valence-corrected chi connectivity index (χ0v) is 9.62. The van der Waals surface area contributed by atoms with E-state index in [1.165, 1.54) is 0 Å². The topological polar surface area (TPSA) is 52.6 Å². The monoisotopic (exact) mass is 270 g/mol. The van der Waals surface area contributed by atoms with Gasteiger partial charge in [-0.05, 0) is 18.2 Å². The molecule has 2 N–H and O–H groups in total. The fraction of sp³-hybridized carbons (Fsp3) is 0.300. The maximum Gasteiger partial charge on any atom is 0.243 e. The van der Waals surface area contributed by atoms with Gasteiger partial charge in [0.2, 0.25) is 5.91 Å². The molecule has 5 heteroatoms. The van der Waals surface area contributed by atoms with Crippen LogP contribution < -0.4 is 10.2 Å². The molecule has 1 aromatic carbocycles. The molecule has 2 rings (SSSR count). The lowest BCUT2D eigenvalue weighted by atomic mass is 10.2. The number of fused-ring (bicyclic) bond motifs is 1. The Bertz CT molecular complexity index is 395. The van der Waals surface area contributed by atoms with Crippen molar-refractivity contribution in [3.63, 3.8) is 0 Å². The molecule has 1 aliphatic rings. The first-order chi connectivity index (χ1) is 7.20. The van der Waals surface area contributed by atoms with Crippen molar-refractivity contribution in [2.45, 2.75) is 0 Å². The number of hydrogen-bond acceptors (Lipinski definition) is 3. The van der Waals surface area contributed by atoms with Crippen LogP contribution >= 0.6 is 15.9 Å². The second-order valence-corrected chi connectivity index (χ2v) is 4.27. The van der Waals surface area contributed by atoms with Crippen LogP contribution in [-0.2, 0) is 4.79 Å². The highest BCUT2D eigenvalue weighted by Gasteiger charge is 2.21. The summed E-state index contributed by atoms with van der Waals surface area (Å²) in [7, 11) is 0. The maximum atomic E-state index is 11.4. The molecule has 0 aromatic heterocycles. The van der Waals surface area contributed by atoms with Crippen molar-refractivity contribution in [3.05, 3.63) is 22.7 Å². The third-order valence-corrected chi connectivity index (χ3v) is 2.77. The molecular weight excluding hydrogens is 260 g/mol. The number of carbonyl (C=O) groups is 1. The Balaban J connectivity index is 2.37. The molecule has 0 fully saturated rings. The zero-order chi connectivity index (χ0) is 10.8.